The van der Waals surface area contributed by atoms with Gasteiger partial charge >= 0.3 is 0 Å². The van der Waals surface area contributed by atoms with Crippen molar-refractivity contribution >= 4 is 21.4 Å². The van der Waals surface area contributed by atoms with E-state index >= 15 is 0 Å². The molecule has 0 amide bonds. The summed E-state index contributed by atoms with van der Waals surface area (Å²) >= 11 is 1.89. The Morgan fingerprint density at radius 2 is 2.00 bits per heavy atom. The number of aromatic nitrogens is 1. The van der Waals surface area contributed by atoms with Crippen LogP contribution in [0, 0.1) is 6.92 Å². The highest BCUT2D eigenvalue weighted by atomic mass is 32.1. The van der Waals surface area contributed by atoms with E-state index in [0.29, 0.717) is 0 Å². The smallest absolute Gasteiger partial charge is 0.0379 e. The molecular weight excluding hydrogens is 190 g/mol. The predicted octanol–water partition coefficient (Wildman–Crippen LogP) is 3.90. The molecule has 2 rings (SSSR count). The molecule has 0 aliphatic carbocycles. The molecule has 14 heavy (non-hydrogen) atoms. The average molecular weight is 205 g/mol. The first-order valence-electron chi connectivity index (χ1n) is 4.84. The fourth-order valence-corrected chi connectivity index (χ4v) is 3.01. The van der Waals surface area contributed by atoms with Gasteiger partial charge in [-0.3, -0.25) is 4.98 Å². The maximum atomic E-state index is 4.18. The molecule has 0 saturated carbocycles. The van der Waals surface area contributed by atoms with Crippen molar-refractivity contribution in [2.75, 3.05) is 0 Å². The Morgan fingerprint density at radius 3 is 2.57 bits per heavy atom. The molecule has 0 N–H and O–H groups in total. The van der Waals surface area contributed by atoms with E-state index < -0.39 is 0 Å². The highest BCUT2D eigenvalue weighted by Crippen LogP contribution is 2.37. The number of pyridine rings is 1. The van der Waals surface area contributed by atoms with E-state index in [1.54, 1.807) is 0 Å². The zero-order valence-corrected chi connectivity index (χ0v) is 9.90. The molecule has 0 bridgehead atoms. The second-order valence-corrected chi connectivity index (χ2v) is 5.73. The van der Waals surface area contributed by atoms with Gasteiger partial charge in [-0.25, -0.2) is 0 Å². The van der Waals surface area contributed by atoms with Crippen LogP contribution in [0.1, 0.15) is 31.2 Å². The lowest BCUT2D eigenvalue weighted by molar-refractivity contribution is 0.601. The average Bonchev–Trinajstić information content (AvgIpc) is 2.44. The van der Waals surface area contributed by atoms with Gasteiger partial charge in [0.15, 0.2) is 0 Å². The third kappa shape index (κ3) is 1.44. The molecule has 0 atom stereocenters. The summed E-state index contributed by atoms with van der Waals surface area (Å²) in [6, 6.07) is 2.10. The van der Waals surface area contributed by atoms with Gasteiger partial charge in [0.2, 0.25) is 0 Å². The number of aryl methyl sites for hydroxylation is 1. The molecule has 0 radical (unpaired) electrons. The summed E-state index contributed by atoms with van der Waals surface area (Å²) in [5.41, 5.74) is 1.64. The number of fused-ring (bicyclic) bond motifs is 1. The van der Waals surface area contributed by atoms with Gasteiger partial charge in [-0.2, -0.15) is 0 Å². The molecule has 0 unspecified atom stereocenters. The highest BCUT2D eigenvalue weighted by Gasteiger charge is 2.20. The summed E-state index contributed by atoms with van der Waals surface area (Å²) in [6.07, 6.45) is 3.83. The number of rotatable bonds is 0. The summed E-state index contributed by atoms with van der Waals surface area (Å²) in [7, 11) is 0. The van der Waals surface area contributed by atoms with Gasteiger partial charge in [0.25, 0.3) is 0 Å². The summed E-state index contributed by atoms with van der Waals surface area (Å²) in [5.74, 6) is 0. The van der Waals surface area contributed by atoms with Crippen LogP contribution in [0.3, 0.4) is 0 Å². The molecule has 0 saturated heterocycles. The predicted molar refractivity (Wildman–Crippen MR) is 63.1 cm³/mol. The monoisotopic (exact) mass is 205 g/mol. The van der Waals surface area contributed by atoms with E-state index in [9.17, 15) is 0 Å². The fraction of sp³-hybridized carbons (Fsp3) is 0.417. The second-order valence-electron chi connectivity index (χ2n) is 4.68. The van der Waals surface area contributed by atoms with E-state index in [1.165, 1.54) is 20.5 Å². The number of hydrogen-bond donors (Lipinski definition) is 0. The first kappa shape index (κ1) is 9.66. The van der Waals surface area contributed by atoms with Gasteiger partial charge in [0.05, 0.1) is 0 Å². The minimum absolute atomic E-state index is 0.244. The van der Waals surface area contributed by atoms with Crippen LogP contribution in [0.2, 0.25) is 0 Å². The Balaban J connectivity index is 2.75. The van der Waals surface area contributed by atoms with Crippen LogP contribution in [-0.2, 0) is 5.41 Å². The van der Waals surface area contributed by atoms with Crippen LogP contribution in [0.25, 0.3) is 10.1 Å². The summed E-state index contributed by atoms with van der Waals surface area (Å²) < 4.78 is 1.35. The number of hydrogen-bond acceptors (Lipinski definition) is 2. The topological polar surface area (TPSA) is 12.9 Å². The highest BCUT2D eigenvalue weighted by molar-refractivity contribution is 7.19. The first-order valence-corrected chi connectivity index (χ1v) is 5.65. The lowest BCUT2D eigenvalue weighted by atomic mass is 9.91. The first-order chi connectivity index (χ1) is 6.50. The van der Waals surface area contributed by atoms with Crippen LogP contribution in [-0.4, -0.2) is 4.98 Å². The van der Waals surface area contributed by atoms with Crippen molar-refractivity contribution in [2.24, 2.45) is 0 Å². The molecule has 0 aliphatic heterocycles. The van der Waals surface area contributed by atoms with Gasteiger partial charge in [-0.1, -0.05) is 20.8 Å². The molecule has 2 heteroatoms. The van der Waals surface area contributed by atoms with Crippen molar-refractivity contribution < 1.29 is 0 Å². The third-order valence-corrected chi connectivity index (χ3v) is 4.12. The summed E-state index contributed by atoms with van der Waals surface area (Å²) in [4.78, 5) is 5.65. The van der Waals surface area contributed by atoms with Gasteiger partial charge in [0, 0.05) is 27.4 Å². The minimum atomic E-state index is 0.244. The maximum Gasteiger partial charge on any atom is 0.0379 e. The summed E-state index contributed by atoms with van der Waals surface area (Å²) in [5, 5.41) is 1.31. The van der Waals surface area contributed by atoms with Crippen molar-refractivity contribution in [1.82, 2.24) is 4.98 Å². The van der Waals surface area contributed by atoms with Crippen LogP contribution in [0.15, 0.2) is 18.5 Å². The zero-order chi connectivity index (χ0) is 10.3. The SMILES string of the molecule is Cc1c(C(C)(C)C)sc2ccncc12. The van der Waals surface area contributed by atoms with Crippen molar-refractivity contribution in [3.05, 3.63) is 28.9 Å². The zero-order valence-electron chi connectivity index (χ0n) is 9.09. The largest absolute Gasteiger partial charge is 0.264 e. The second kappa shape index (κ2) is 3.06. The Bertz CT molecular complexity index is 463. The lowest BCUT2D eigenvalue weighted by Gasteiger charge is -2.17. The molecule has 2 aromatic rings. The molecule has 0 aliphatic rings. The Kier molecular flexibility index (Phi) is 2.11. The Hall–Kier alpha value is -0.890. The molecule has 0 fully saturated rings. The normalized spacial score (nSPS) is 12.3. The van der Waals surface area contributed by atoms with Crippen LogP contribution in [0.4, 0.5) is 0 Å². The van der Waals surface area contributed by atoms with Crippen molar-refractivity contribution in [3.63, 3.8) is 0 Å². The fourth-order valence-electron chi connectivity index (χ4n) is 1.78. The van der Waals surface area contributed by atoms with Crippen LogP contribution < -0.4 is 0 Å². The standard InChI is InChI=1S/C12H15NS/c1-8-9-7-13-6-5-10(9)14-11(8)12(2,3)4/h5-7H,1-4H3. The number of nitrogens with zero attached hydrogens (tertiary/aromatic N) is 1. The molecule has 2 aromatic heterocycles. The van der Waals surface area contributed by atoms with Gasteiger partial charge in [0.1, 0.15) is 0 Å². The molecule has 1 nitrogen and oxygen atoms in total. The maximum absolute atomic E-state index is 4.18. The van der Waals surface area contributed by atoms with Crippen LogP contribution in [0.5, 0.6) is 0 Å². The van der Waals surface area contributed by atoms with E-state index in [1.807, 2.05) is 23.7 Å². The van der Waals surface area contributed by atoms with Gasteiger partial charge in [-0.15, -0.1) is 11.3 Å². The lowest BCUT2D eigenvalue weighted by Crippen LogP contribution is -2.09. The summed E-state index contributed by atoms with van der Waals surface area (Å²) in [6.45, 7) is 8.98. The Morgan fingerprint density at radius 1 is 1.29 bits per heavy atom. The van der Waals surface area contributed by atoms with Gasteiger partial charge < -0.3 is 0 Å². The third-order valence-electron chi connectivity index (χ3n) is 2.42. The van der Waals surface area contributed by atoms with Crippen molar-refractivity contribution in [2.45, 2.75) is 33.1 Å². The van der Waals surface area contributed by atoms with E-state index in [2.05, 4.69) is 38.7 Å². The van der Waals surface area contributed by atoms with E-state index in [-0.39, 0.29) is 5.41 Å². The van der Waals surface area contributed by atoms with Crippen molar-refractivity contribution in [1.29, 1.82) is 0 Å². The quantitative estimate of drug-likeness (QED) is 0.635. The van der Waals surface area contributed by atoms with E-state index in [4.69, 9.17) is 0 Å². The van der Waals surface area contributed by atoms with Crippen LogP contribution >= 0.6 is 11.3 Å². The van der Waals surface area contributed by atoms with E-state index in [0.717, 1.165) is 0 Å². The van der Waals surface area contributed by atoms with Gasteiger partial charge in [-0.05, 0) is 24.0 Å². The van der Waals surface area contributed by atoms with Crippen molar-refractivity contribution in [3.8, 4) is 0 Å². The number of thiophene rings is 1. The molecule has 0 spiro atoms. The molecule has 74 valence electrons. The minimum Gasteiger partial charge on any atom is -0.264 e. The molecule has 2 heterocycles. The molecular formula is C12H15NS. The molecule has 0 aromatic carbocycles. The Labute approximate surface area is 88.8 Å².